The van der Waals surface area contributed by atoms with E-state index in [1.54, 1.807) is 4.68 Å². The van der Waals surface area contributed by atoms with E-state index in [0.717, 1.165) is 22.2 Å². The smallest absolute Gasteiger partial charge is 0.245 e. The summed E-state index contributed by atoms with van der Waals surface area (Å²) in [6, 6.07) is 17.6. The average Bonchev–Trinajstić information content (AvgIpc) is 2.92. The highest BCUT2D eigenvalue weighted by Gasteiger charge is 2.20. The van der Waals surface area contributed by atoms with Gasteiger partial charge >= 0.3 is 0 Å². The second-order valence-corrected chi connectivity index (χ2v) is 5.86. The zero-order valence-electron chi connectivity index (χ0n) is 13.7. The topological polar surface area (TPSA) is 46.9 Å². The van der Waals surface area contributed by atoms with Crippen molar-refractivity contribution in [2.75, 3.05) is 0 Å². The Bertz CT molecular complexity index is 823. The highest BCUT2D eigenvalue weighted by Crippen LogP contribution is 2.22. The van der Waals surface area contributed by atoms with Gasteiger partial charge in [0.15, 0.2) is 0 Å². The summed E-state index contributed by atoms with van der Waals surface area (Å²) in [7, 11) is 0. The van der Waals surface area contributed by atoms with Crippen LogP contribution in [-0.2, 0) is 4.79 Å². The van der Waals surface area contributed by atoms with Gasteiger partial charge < -0.3 is 5.32 Å². The van der Waals surface area contributed by atoms with Crippen LogP contribution in [0, 0.1) is 6.92 Å². The molecule has 0 saturated heterocycles. The lowest BCUT2D eigenvalue weighted by Gasteiger charge is -2.18. The predicted molar refractivity (Wildman–Crippen MR) is 92.2 cm³/mol. The van der Waals surface area contributed by atoms with Crippen LogP contribution in [0.5, 0.6) is 0 Å². The molecule has 4 nitrogen and oxygen atoms in total. The fraction of sp³-hybridized carbons (Fsp3) is 0.263. The van der Waals surface area contributed by atoms with Crippen LogP contribution in [0.3, 0.4) is 0 Å². The zero-order valence-corrected chi connectivity index (χ0v) is 13.7. The minimum atomic E-state index is -0.361. The molecule has 23 heavy (non-hydrogen) atoms. The molecule has 0 radical (unpaired) electrons. The molecule has 1 N–H and O–H groups in total. The molecule has 0 aliphatic rings. The van der Waals surface area contributed by atoms with E-state index in [4.69, 9.17) is 0 Å². The lowest BCUT2D eigenvalue weighted by molar-refractivity contribution is -0.124. The van der Waals surface area contributed by atoms with Crippen molar-refractivity contribution < 1.29 is 4.79 Å². The van der Waals surface area contributed by atoms with Crippen molar-refractivity contribution in [3.63, 3.8) is 0 Å². The van der Waals surface area contributed by atoms with E-state index in [1.807, 2.05) is 75.4 Å². The Morgan fingerprint density at radius 3 is 2.43 bits per heavy atom. The Labute approximate surface area is 136 Å². The zero-order chi connectivity index (χ0) is 16.4. The Balaban J connectivity index is 1.82. The van der Waals surface area contributed by atoms with Gasteiger partial charge in [0, 0.05) is 5.39 Å². The van der Waals surface area contributed by atoms with Crippen LogP contribution in [0.15, 0.2) is 54.6 Å². The molecule has 3 aromatic rings. The molecule has 0 aliphatic heterocycles. The molecule has 0 aliphatic carbocycles. The minimum Gasteiger partial charge on any atom is -0.348 e. The Morgan fingerprint density at radius 1 is 1.04 bits per heavy atom. The second kappa shape index (κ2) is 6.24. The highest BCUT2D eigenvalue weighted by molar-refractivity contribution is 5.86. The van der Waals surface area contributed by atoms with Crippen LogP contribution < -0.4 is 5.32 Å². The maximum absolute atomic E-state index is 12.6. The first-order valence-corrected chi connectivity index (χ1v) is 7.87. The molecule has 1 heterocycles. The molecular weight excluding hydrogens is 286 g/mol. The lowest BCUT2D eigenvalue weighted by atomic mass is 10.1. The number of nitrogens with one attached hydrogen (secondary N) is 1. The fourth-order valence-electron chi connectivity index (χ4n) is 2.81. The van der Waals surface area contributed by atoms with Crippen LogP contribution in [-0.4, -0.2) is 15.7 Å². The van der Waals surface area contributed by atoms with Crippen LogP contribution in [0.25, 0.3) is 10.9 Å². The number of carbonyl (C=O) groups excluding carboxylic acids is 1. The number of aryl methyl sites for hydroxylation is 1. The first-order valence-electron chi connectivity index (χ1n) is 7.87. The first-order chi connectivity index (χ1) is 11.1. The number of aromatic nitrogens is 2. The van der Waals surface area contributed by atoms with Gasteiger partial charge in [-0.1, -0.05) is 48.5 Å². The van der Waals surface area contributed by atoms with E-state index in [1.165, 1.54) is 0 Å². The van der Waals surface area contributed by atoms with Crippen LogP contribution in [0.1, 0.15) is 37.2 Å². The Morgan fingerprint density at radius 2 is 1.70 bits per heavy atom. The van der Waals surface area contributed by atoms with Crippen molar-refractivity contribution in [2.45, 2.75) is 32.9 Å². The molecule has 118 valence electrons. The number of benzene rings is 2. The summed E-state index contributed by atoms with van der Waals surface area (Å²) < 4.78 is 1.80. The molecule has 0 spiro atoms. The van der Waals surface area contributed by atoms with E-state index in [-0.39, 0.29) is 18.0 Å². The van der Waals surface area contributed by atoms with Crippen molar-refractivity contribution >= 4 is 16.8 Å². The number of para-hydroxylation sites is 1. The maximum Gasteiger partial charge on any atom is 0.245 e. The van der Waals surface area contributed by atoms with Crippen molar-refractivity contribution in [2.24, 2.45) is 0 Å². The van der Waals surface area contributed by atoms with Gasteiger partial charge in [-0.15, -0.1) is 0 Å². The standard InChI is InChI=1S/C19H21N3O/c1-13(16-9-5-4-6-10-16)20-19(23)15(3)22-18-12-8-7-11-17(18)14(2)21-22/h4-13,15H,1-3H3,(H,20,23). The predicted octanol–water partition coefficient (Wildman–Crippen LogP) is 3.78. The third-order valence-electron chi connectivity index (χ3n) is 4.20. The van der Waals surface area contributed by atoms with E-state index in [2.05, 4.69) is 10.4 Å². The summed E-state index contributed by atoms with van der Waals surface area (Å²) in [4.78, 5) is 12.6. The SMILES string of the molecule is Cc1nn(C(C)C(=O)NC(C)c2ccccc2)c2ccccc12. The van der Waals surface area contributed by atoms with Crippen molar-refractivity contribution in [3.8, 4) is 0 Å². The molecular formula is C19H21N3O. The third-order valence-corrected chi connectivity index (χ3v) is 4.20. The van der Waals surface area contributed by atoms with Gasteiger partial charge in [0.25, 0.3) is 0 Å². The van der Waals surface area contributed by atoms with Gasteiger partial charge in [-0.25, -0.2) is 0 Å². The molecule has 4 heteroatoms. The monoisotopic (exact) mass is 307 g/mol. The fourth-order valence-corrected chi connectivity index (χ4v) is 2.81. The number of carbonyl (C=O) groups is 1. The number of fused-ring (bicyclic) bond motifs is 1. The van der Waals surface area contributed by atoms with Gasteiger partial charge in [0.2, 0.25) is 5.91 Å². The summed E-state index contributed by atoms with van der Waals surface area (Å²) in [5.41, 5.74) is 3.02. The van der Waals surface area contributed by atoms with Gasteiger partial charge in [-0.05, 0) is 32.4 Å². The maximum atomic E-state index is 12.6. The average molecular weight is 307 g/mol. The molecule has 1 aromatic heterocycles. The van der Waals surface area contributed by atoms with Crippen LogP contribution in [0.4, 0.5) is 0 Å². The number of rotatable bonds is 4. The first kappa shape index (κ1) is 15.3. The summed E-state index contributed by atoms with van der Waals surface area (Å²) in [6.07, 6.45) is 0. The molecule has 0 fully saturated rings. The Kier molecular flexibility index (Phi) is 4.15. The number of nitrogens with zero attached hydrogens (tertiary/aromatic N) is 2. The third kappa shape index (κ3) is 2.97. The molecule has 2 aromatic carbocycles. The van der Waals surface area contributed by atoms with Gasteiger partial charge in [-0.2, -0.15) is 5.10 Å². The lowest BCUT2D eigenvalue weighted by Crippen LogP contribution is -2.33. The normalized spacial score (nSPS) is 13.7. The molecule has 2 atom stereocenters. The summed E-state index contributed by atoms with van der Waals surface area (Å²) >= 11 is 0. The quantitative estimate of drug-likeness (QED) is 0.797. The molecule has 2 unspecified atom stereocenters. The van der Waals surface area contributed by atoms with Gasteiger partial charge in [0.1, 0.15) is 6.04 Å². The number of amides is 1. The number of hydrogen-bond acceptors (Lipinski definition) is 2. The van der Waals surface area contributed by atoms with E-state index in [9.17, 15) is 4.79 Å². The van der Waals surface area contributed by atoms with E-state index in [0.29, 0.717) is 0 Å². The minimum absolute atomic E-state index is 0.0328. The summed E-state index contributed by atoms with van der Waals surface area (Å²) in [5.74, 6) is -0.0328. The number of hydrogen-bond donors (Lipinski definition) is 1. The molecule has 3 rings (SSSR count). The molecule has 1 amide bonds. The highest BCUT2D eigenvalue weighted by atomic mass is 16.2. The van der Waals surface area contributed by atoms with Crippen molar-refractivity contribution in [1.82, 2.24) is 15.1 Å². The largest absolute Gasteiger partial charge is 0.348 e. The molecule has 0 saturated carbocycles. The molecule has 0 bridgehead atoms. The van der Waals surface area contributed by atoms with E-state index < -0.39 is 0 Å². The van der Waals surface area contributed by atoms with Crippen LogP contribution in [0.2, 0.25) is 0 Å². The summed E-state index contributed by atoms with van der Waals surface area (Å²) in [5, 5.41) is 8.70. The van der Waals surface area contributed by atoms with Crippen molar-refractivity contribution in [1.29, 1.82) is 0 Å². The van der Waals surface area contributed by atoms with Crippen LogP contribution >= 0.6 is 0 Å². The van der Waals surface area contributed by atoms with Crippen molar-refractivity contribution in [3.05, 3.63) is 65.9 Å². The van der Waals surface area contributed by atoms with E-state index >= 15 is 0 Å². The van der Waals surface area contributed by atoms with Gasteiger partial charge in [-0.3, -0.25) is 9.48 Å². The van der Waals surface area contributed by atoms with Gasteiger partial charge in [0.05, 0.1) is 17.3 Å². The second-order valence-electron chi connectivity index (χ2n) is 5.86. The summed E-state index contributed by atoms with van der Waals surface area (Å²) in [6.45, 7) is 5.84. The Hall–Kier alpha value is -2.62.